The molecule has 5 nitrogen and oxygen atoms in total. The number of benzene rings is 2. The molecule has 1 aliphatic heterocycles. The van der Waals surface area contributed by atoms with Crippen molar-refractivity contribution in [1.82, 2.24) is 14.7 Å². The smallest absolute Gasteiger partial charge is 0.265 e. The normalized spacial score (nSPS) is 15.5. The first-order chi connectivity index (χ1) is 13.6. The molecule has 2 aromatic carbocycles. The van der Waals surface area contributed by atoms with Crippen LogP contribution in [0.2, 0.25) is 0 Å². The number of carbonyl (C=O) groups excluding carboxylic acids is 1. The Labute approximate surface area is 172 Å². The maximum Gasteiger partial charge on any atom is 0.265 e. The largest absolute Gasteiger partial charge is 0.497 e. The Kier molecular flexibility index (Phi) is 5.02. The van der Waals surface area contributed by atoms with Gasteiger partial charge in [-0.25, -0.2) is 4.68 Å². The van der Waals surface area contributed by atoms with Gasteiger partial charge in [-0.2, -0.15) is 5.10 Å². The van der Waals surface area contributed by atoms with Crippen molar-refractivity contribution in [2.75, 3.05) is 14.2 Å². The van der Waals surface area contributed by atoms with Gasteiger partial charge in [0, 0.05) is 24.4 Å². The van der Waals surface area contributed by atoms with Crippen LogP contribution < -0.4 is 4.74 Å². The van der Waals surface area contributed by atoms with E-state index in [1.165, 1.54) is 16.7 Å². The fourth-order valence-electron chi connectivity index (χ4n) is 2.87. The van der Waals surface area contributed by atoms with Crippen molar-refractivity contribution in [3.8, 4) is 22.7 Å². The molecule has 0 aliphatic carbocycles. The molecule has 7 heteroatoms. The van der Waals surface area contributed by atoms with Gasteiger partial charge in [0.1, 0.15) is 10.1 Å². The summed E-state index contributed by atoms with van der Waals surface area (Å²) in [6, 6.07) is 17.6. The minimum atomic E-state index is -0.0943. The number of ether oxygens (including phenoxy) is 1. The summed E-state index contributed by atoms with van der Waals surface area (Å²) in [6.07, 6.45) is 3.78. The number of aromatic nitrogens is 2. The summed E-state index contributed by atoms with van der Waals surface area (Å²) in [6.45, 7) is 0. The second kappa shape index (κ2) is 7.61. The van der Waals surface area contributed by atoms with Gasteiger partial charge in [-0.15, -0.1) is 0 Å². The van der Waals surface area contributed by atoms with Crippen LogP contribution in [-0.2, 0) is 4.79 Å². The van der Waals surface area contributed by atoms with E-state index in [2.05, 4.69) is 0 Å². The maximum atomic E-state index is 12.4. The number of hydrogen-bond donors (Lipinski definition) is 0. The van der Waals surface area contributed by atoms with Crippen LogP contribution in [0.5, 0.6) is 5.75 Å². The monoisotopic (exact) mass is 407 g/mol. The van der Waals surface area contributed by atoms with Crippen molar-refractivity contribution in [1.29, 1.82) is 0 Å². The number of methoxy groups -OCH3 is 1. The van der Waals surface area contributed by atoms with Crippen molar-refractivity contribution in [2.24, 2.45) is 0 Å². The minimum absolute atomic E-state index is 0.0943. The van der Waals surface area contributed by atoms with E-state index in [0.29, 0.717) is 9.23 Å². The highest BCUT2D eigenvalue weighted by Crippen LogP contribution is 2.34. The Morgan fingerprint density at radius 1 is 1.11 bits per heavy atom. The summed E-state index contributed by atoms with van der Waals surface area (Å²) in [7, 11) is 3.33. The van der Waals surface area contributed by atoms with E-state index in [4.69, 9.17) is 22.1 Å². The van der Waals surface area contributed by atoms with Crippen LogP contribution in [0.3, 0.4) is 0 Å². The molecule has 1 fully saturated rings. The average molecular weight is 408 g/mol. The lowest BCUT2D eigenvalue weighted by molar-refractivity contribution is -0.121. The zero-order chi connectivity index (χ0) is 19.7. The van der Waals surface area contributed by atoms with Gasteiger partial charge in [0.2, 0.25) is 0 Å². The van der Waals surface area contributed by atoms with Gasteiger partial charge < -0.3 is 4.74 Å². The summed E-state index contributed by atoms with van der Waals surface area (Å²) in [5.41, 5.74) is 3.52. The zero-order valence-corrected chi connectivity index (χ0v) is 17.0. The van der Waals surface area contributed by atoms with Crippen LogP contribution in [0.15, 0.2) is 65.7 Å². The highest BCUT2D eigenvalue weighted by Gasteiger charge is 2.29. The number of nitrogens with zero attached hydrogens (tertiary/aromatic N) is 3. The summed E-state index contributed by atoms with van der Waals surface area (Å²) in [5, 5.41) is 4.78. The molecule has 0 N–H and O–H groups in total. The predicted molar refractivity (Wildman–Crippen MR) is 116 cm³/mol. The van der Waals surface area contributed by atoms with Gasteiger partial charge in [0.25, 0.3) is 5.91 Å². The molecule has 1 aliphatic rings. The molecule has 4 rings (SSSR count). The number of rotatable bonds is 4. The third-order valence-corrected chi connectivity index (χ3v) is 5.88. The molecule has 0 unspecified atom stereocenters. The molecule has 1 saturated heterocycles. The maximum absolute atomic E-state index is 12.4. The SMILES string of the molecule is COc1ccc(-c2nn(-c3ccccc3)cc2/C=C2\SC(=S)N(C)C2=O)cc1. The van der Waals surface area contributed by atoms with E-state index >= 15 is 0 Å². The minimum Gasteiger partial charge on any atom is -0.497 e. The molecular weight excluding hydrogens is 390 g/mol. The number of thiocarbonyl (C=S) groups is 1. The molecule has 1 amide bonds. The lowest BCUT2D eigenvalue weighted by atomic mass is 10.1. The van der Waals surface area contributed by atoms with E-state index in [0.717, 1.165) is 28.3 Å². The topological polar surface area (TPSA) is 47.4 Å². The summed E-state index contributed by atoms with van der Waals surface area (Å²) in [4.78, 5) is 14.5. The Morgan fingerprint density at radius 3 is 2.43 bits per heavy atom. The van der Waals surface area contributed by atoms with E-state index in [1.54, 1.807) is 14.2 Å². The molecular formula is C21H17N3O2S2. The number of amides is 1. The molecule has 140 valence electrons. The van der Waals surface area contributed by atoms with Gasteiger partial charge >= 0.3 is 0 Å². The highest BCUT2D eigenvalue weighted by atomic mass is 32.2. The lowest BCUT2D eigenvalue weighted by Crippen LogP contribution is -2.22. The van der Waals surface area contributed by atoms with Crippen molar-refractivity contribution >= 4 is 40.3 Å². The van der Waals surface area contributed by atoms with Gasteiger partial charge in [0.05, 0.1) is 23.4 Å². The lowest BCUT2D eigenvalue weighted by Gasteiger charge is -2.04. The highest BCUT2D eigenvalue weighted by molar-refractivity contribution is 8.26. The number of carbonyl (C=O) groups is 1. The Bertz CT molecular complexity index is 1070. The molecule has 0 radical (unpaired) electrons. The quantitative estimate of drug-likeness (QED) is 0.475. The second-order valence-corrected chi connectivity index (χ2v) is 7.86. The average Bonchev–Trinajstić information content (AvgIpc) is 3.26. The molecule has 0 saturated carbocycles. The Balaban J connectivity index is 1.82. The van der Waals surface area contributed by atoms with Crippen molar-refractivity contribution in [3.63, 3.8) is 0 Å². The second-order valence-electron chi connectivity index (χ2n) is 6.18. The fraction of sp³-hybridized carbons (Fsp3) is 0.0952. The van der Waals surface area contributed by atoms with Crippen molar-refractivity contribution < 1.29 is 9.53 Å². The summed E-state index contributed by atoms with van der Waals surface area (Å²) in [5.74, 6) is 0.683. The van der Waals surface area contributed by atoms with E-state index in [9.17, 15) is 4.79 Å². The van der Waals surface area contributed by atoms with Crippen LogP contribution in [0.4, 0.5) is 0 Å². The van der Waals surface area contributed by atoms with Crippen LogP contribution in [0, 0.1) is 0 Å². The van der Waals surface area contributed by atoms with Crippen molar-refractivity contribution in [3.05, 3.63) is 71.3 Å². The molecule has 0 bridgehead atoms. The molecule has 0 atom stereocenters. The molecule has 2 heterocycles. The third kappa shape index (κ3) is 3.46. The summed E-state index contributed by atoms with van der Waals surface area (Å²) < 4.78 is 7.62. The predicted octanol–water partition coefficient (Wildman–Crippen LogP) is 4.38. The van der Waals surface area contributed by atoms with Crippen LogP contribution in [0.25, 0.3) is 23.0 Å². The first-order valence-corrected chi connectivity index (χ1v) is 9.80. The number of para-hydroxylation sites is 1. The van der Waals surface area contributed by atoms with E-state index in [-0.39, 0.29) is 5.91 Å². The van der Waals surface area contributed by atoms with Gasteiger partial charge in [-0.3, -0.25) is 9.69 Å². The zero-order valence-electron chi connectivity index (χ0n) is 15.3. The standard InChI is InChI=1S/C21H17N3O2S2/c1-23-20(25)18(28-21(23)27)12-15-13-24(16-6-4-3-5-7-16)22-19(15)14-8-10-17(26-2)11-9-14/h3-13H,1-2H3/b18-12-. The molecule has 28 heavy (non-hydrogen) atoms. The van der Waals surface area contributed by atoms with Gasteiger partial charge in [-0.1, -0.05) is 42.2 Å². The van der Waals surface area contributed by atoms with Crippen LogP contribution in [0.1, 0.15) is 5.56 Å². The van der Waals surface area contributed by atoms with Crippen LogP contribution >= 0.6 is 24.0 Å². The third-order valence-electron chi connectivity index (χ3n) is 4.40. The van der Waals surface area contributed by atoms with E-state index in [1.807, 2.05) is 71.6 Å². The fourth-order valence-corrected chi connectivity index (χ4v) is 4.04. The van der Waals surface area contributed by atoms with E-state index < -0.39 is 0 Å². The first kappa shape index (κ1) is 18.5. The number of likely N-dealkylation sites (N-methyl/N-ethyl adjacent to an activating group) is 1. The molecule has 3 aromatic rings. The molecule has 0 spiro atoms. The van der Waals surface area contributed by atoms with Gasteiger partial charge in [-0.05, 0) is 42.5 Å². The Hall–Kier alpha value is -2.90. The number of thioether (sulfide) groups is 1. The Morgan fingerprint density at radius 2 is 1.82 bits per heavy atom. The molecule has 1 aromatic heterocycles. The van der Waals surface area contributed by atoms with Crippen molar-refractivity contribution in [2.45, 2.75) is 0 Å². The summed E-state index contributed by atoms with van der Waals surface area (Å²) >= 11 is 6.54. The number of hydrogen-bond acceptors (Lipinski definition) is 5. The van der Waals surface area contributed by atoms with Crippen LogP contribution in [-0.4, -0.2) is 39.1 Å². The first-order valence-electron chi connectivity index (χ1n) is 8.58. The van der Waals surface area contributed by atoms with Gasteiger partial charge in [0.15, 0.2) is 0 Å².